The van der Waals surface area contributed by atoms with Crippen molar-refractivity contribution >= 4 is 5.91 Å². The molecule has 1 aliphatic heterocycles. The highest BCUT2D eigenvalue weighted by molar-refractivity contribution is 5.80. The zero-order valence-corrected chi connectivity index (χ0v) is 12.5. The molecule has 0 aromatic carbocycles. The van der Waals surface area contributed by atoms with Crippen LogP contribution in [0.2, 0.25) is 0 Å². The molecule has 114 valence electrons. The monoisotopic (exact) mass is 289 g/mol. The zero-order chi connectivity index (χ0) is 14.7. The molecule has 5 nitrogen and oxygen atoms in total. The van der Waals surface area contributed by atoms with E-state index in [0.29, 0.717) is 12.0 Å². The molecule has 2 fully saturated rings. The highest BCUT2D eigenvalue weighted by atomic mass is 16.5. The number of pyridine rings is 1. The second kappa shape index (κ2) is 6.54. The molecule has 1 aliphatic carbocycles. The van der Waals surface area contributed by atoms with Crippen LogP contribution in [0.15, 0.2) is 24.5 Å². The van der Waals surface area contributed by atoms with E-state index < -0.39 is 0 Å². The van der Waals surface area contributed by atoms with Gasteiger partial charge in [0.25, 0.3) is 0 Å². The molecule has 1 saturated heterocycles. The largest absolute Gasteiger partial charge is 0.378 e. The van der Waals surface area contributed by atoms with E-state index in [1.54, 1.807) is 12.4 Å². The molecule has 1 atom stereocenters. The fourth-order valence-electron chi connectivity index (χ4n) is 3.17. The first-order valence-electron chi connectivity index (χ1n) is 7.81. The van der Waals surface area contributed by atoms with Crippen molar-refractivity contribution < 1.29 is 9.53 Å². The van der Waals surface area contributed by atoms with Gasteiger partial charge in [-0.3, -0.25) is 9.78 Å². The maximum absolute atomic E-state index is 12.5. The number of piperazine rings is 1. The van der Waals surface area contributed by atoms with E-state index in [0.717, 1.165) is 39.1 Å². The predicted molar refractivity (Wildman–Crippen MR) is 79.7 cm³/mol. The number of carbonyl (C=O) groups is 1. The van der Waals surface area contributed by atoms with Crippen molar-refractivity contribution in [3.05, 3.63) is 30.1 Å². The molecule has 1 N–H and O–H groups in total. The van der Waals surface area contributed by atoms with Crippen molar-refractivity contribution in [1.82, 2.24) is 15.2 Å². The van der Waals surface area contributed by atoms with Crippen molar-refractivity contribution in [3.8, 4) is 0 Å². The molecule has 0 radical (unpaired) electrons. The number of carbonyl (C=O) groups excluding carboxylic acids is 1. The molecule has 0 spiro atoms. The second-order valence-corrected chi connectivity index (χ2v) is 5.82. The second-order valence-electron chi connectivity index (χ2n) is 5.82. The summed E-state index contributed by atoms with van der Waals surface area (Å²) in [6.07, 6.45) is 5.67. The van der Waals surface area contributed by atoms with Crippen LogP contribution in [0.1, 0.15) is 31.4 Å². The Morgan fingerprint density at radius 3 is 2.90 bits per heavy atom. The first kappa shape index (κ1) is 14.5. The lowest BCUT2D eigenvalue weighted by Crippen LogP contribution is -2.52. The first-order valence-corrected chi connectivity index (χ1v) is 7.81. The number of hydrogen-bond donors (Lipinski definition) is 1. The lowest BCUT2D eigenvalue weighted by Gasteiger charge is -2.40. The van der Waals surface area contributed by atoms with Crippen LogP contribution in [0.25, 0.3) is 0 Å². The average molecular weight is 289 g/mol. The van der Waals surface area contributed by atoms with Gasteiger partial charge < -0.3 is 15.0 Å². The summed E-state index contributed by atoms with van der Waals surface area (Å²) in [5, 5.41) is 3.48. The fraction of sp³-hybridized carbons (Fsp3) is 0.625. The van der Waals surface area contributed by atoms with E-state index in [9.17, 15) is 4.79 Å². The quantitative estimate of drug-likeness (QED) is 0.909. The minimum absolute atomic E-state index is 0.165. The normalized spacial score (nSPS) is 29.0. The van der Waals surface area contributed by atoms with Crippen molar-refractivity contribution in [3.63, 3.8) is 0 Å². The summed E-state index contributed by atoms with van der Waals surface area (Å²) < 4.78 is 5.55. The van der Waals surface area contributed by atoms with E-state index in [2.05, 4.69) is 10.3 Å². The maximum Gasteiger partial charge on any atom is 0.225 e. The number of aromatic nitrogens is 1. The average Bonchev–Trinajstić information content (AvgIpc) is 2.51. The Balaban J connectivity index is 1.55. The van der Waals surface area contributed by atoms with Crippen molar-refractivity contribution in [2.24, 2.45) is 5.92 Å². The molecule has 2 heterocycles. The molecule has 2 aliphatic rings. The Bertz CT molecular complexity index is 474. The Morgan fingerprint density at radius 2 is 2.19 bits per heavy atom. The van der Waals surface area contributed by atoms with Crippen molar-refractivity contribution in [2.45, 2.75) is 31.9 Å². The maximum atomic E-state index is 12.5. The molecule has 3 rings (SSSR count). The van der Waals surface area contributed by atoms with Crippen LogP contribution < -0.4 is 5.32 Å². The molecule has 0 bridgehead atoms. The van der Waals surface area contributed by atoms with Crippen LogP contribution >= 0.6 is 0 Å². The van der Waals surface area contributed by atoms with Crippen LogP contribution in [0.4, 0.5) is 0 Å². The third-order valence-electron chi connectivity index (χ3n) is 4.44. The van der Waals surface area contributed by atoms with Gasteiger partial charge in [0.1, 0.15) is 0 Å². The molecule has 5 heteroatoms. The fourth-order valence-corrected chi connectivity index (χ4v) is 3.17. The van der Waals surface area contributed by atoms with Gasteiger partial charge in [-0.2, -0.15) is 0 Å². The summed E-state index contributed by atoms with van der Waals surface area (Å²) in [7, 11) is 0. The van der Waals surface area contributed by atoms with Gasteiger partial charge in [0.2, 0.25) is 5.91 Å². The van der Waals surface area contributed by atoms with Crippen LogP contribution in [-0.2, 0) is 9.53 Å². The minimum atomic E-state index is 0.165. The smallest absolute Gasteiger partial charge is 0.225 e. The summed E-state index contributed by atoms with van der Waals surface area (Å²) in [6, 6.07) is 4.24. The van der Waals surface area contributed by atoms with Gasteiger partial charge in [-0.15, -0.1) is 0 Å². The highest BCUT2D eigenvalue weighted by Gasteiger charge is 2.38. The third-order valence-corrected chi connectivity index (χ3v) is 4.44. The first-order chi connectivity index (χ1) is 10.3. The minimum Gasteiger partial charge on any atom is -0.378 e. The summed E-state index contributed by atoms with van der Waals surface area (Å²) in [6.45, 7) is 5.14. The highest BCUT2D eigenvalue weighted by Crippen LogP contribution is 2.32. The van der Waals surface area contributed by atoms with Gasteiger partial charge in [0.05, 0.1) is 12.1 Å². The molecule has 1 aromatic heterocycles. The van der Waals surface area contributed by atoms with Crippen molar-refractivity contribution in [2.75, 3.05) is 26.2 Å². The van der Waals surface area contributed by atoms with Gasteiger partial charge in [-0.1, -0.05) is 0 Å². The number of hydrogen-bond acceptors (Lipinski definition) is 4. The molecular weight excluding hydrogens is 266 g/mol. The van der Waals surface area contributed by atoms with E-state index in [4.69, 9.17) is 4.74 Å². The third kappa shape index (κ3) is 3.24. The Kier molecular flexibility index (Phi) is 4.51. The van der Waals surface area contributed by atoms with E-state index in [1.807, 2.05) is 24.0 Å². The number of ether oxygens (including phenoxy) is 1. The number of nitrogens with one attached hydrogen (secondary N) is 1. The zero-order valence-electron chi connectivity index (χ0n) is 12.5. The molecule has 21 heavy (non-hydrogen) atoms. The van der Waals surface area contributed by atoms with Crippen LogP contribution in [-0.4, -0.2) is 48.1 Å². The SMILES string of the molecule is CCOC1CC(C(=O)N2CCNC(c3ccncc3)C2)C1. The summed E-state index contributed by atoms with van der Waals surface area (Å²) in [4.78, 5) is 18.6. The van der Waals surface area contributed by atoms with Crippen LogP contribution in [0.5, 0.6) is 0 Å². The molecule has 1 amide bonds. The Hall–Kier alpha value is -1.46. The number of rotatable bonds is 4. The van der Waals surface area contributed by atoms with Crippen LogP contribution in [0.3, 0.4) is 0 Å². The summed E-state index contributed by atoms with van der Waals surface area (Å²) in [5.74, 6) is 0.462. The standard InChI is InChI=1S/C16H23N3O2/c1-2-21-14-9-13(10-14)16(20)19-8-7-18-15(11-19)12-3-5-17-6-4-12/h3-6,13-15,18H,2,7-11H2,1H3. The van der Waals surface area contributed by atoms with Gasteiger partial charge in [0.15, 0.2) is 0 Å². The predicted octanol–water partition coefficient (Wildman–Crippen LogP) is 1.37. The lowest BCUT2D eigenvalue weighted by molar-refractivity contribution is -0.145. The van der Waals surface area contributed by atoms with E-state index in [1.165, 1.54) is 5.56 Å². The lowest BCUT2D eigenvalue weighted by atomic mass is 9.81. The van der Waals surface area contributed by atoms with Gasteiger partial charge in [0, 0.05) is 44.6 Å². The Morgan fingerprint density at radius 1 is 1.43 bits per heavy atom. The molecular formula is C16H23N3O2. The van der Waals surface area contributed by atoms with Gasteiger partial charge in [-0.05, 0) is 37.5 Å². The van der Waals surface area contributed by atoms with Crippen molar-refractivity contribution in [1.29, 1.82) is 0 Å². The number of nitrogens with zero attached hydrogens (tertiary/aromatic N) is 2. The Labute approximate surface area is 125 Å². The van der Waals surface area contributed by atoms with Crippen LogP contribution in [0, 0.1) is 5.92 Å². The molecule has 1 saturated carbocycles. The van der Waals surface area contributed by atoms with Gasteiger partial charge in [-0.25, -0.2) is 0 Å². The van der Waals surface area contributed by atoms with Gasteiger partial charge >= 0.3 is 0 Å². The van der Waals surface area contributed by atoms with E-state index >= 15 is 0 Å². The van der Waals surface area contributed by atoms with E-state index in [-0.39, 0.29) is 12.0 Å². The summed E-state index contributed by atoms with van der Waals surface area (Å²) >= 11 is 0. The topological polar surface area (TPSA) is 54.5 Å². The molecule has 1 unspecified atom stereocenters. The molecule has 1 aromatic rings. The number of amides is 1. The summed E-state index contributed by atoms with van der Waals surface area (Å²) in [5.41, 5.74) is 1.20.